The zero-order chi connectivity index (χ0) is 24.8. The summed E-state index contributed by atoms with van der Waals surface area (Å²) in [6, 6.07) is 19.6. The van der Waals surface area contributed by atoms with E-state index in [0.29, 0.717) is 43.0 Å². The summed E-state index contributed by atoms with van der Waals surface area (Å²) in [6.07, 6.45) is 1.38. The highest BCUT2D eigenvalue weighted by atomic mass is 32.2. The summed E-state index contributed by atoms with van der Waals surface area (Å²) in [5.74, 6) is -1.09. The molecule has 3 aromatic rings. The van der Waals surface area contributed by atoms with Crippen LogP contribution in [0.1, 0.15) is 12.8 Å². The number of carbonyl (C=O) groups excluding carboxylic acids is 2. The van der Waals surface area contributed by atoms with Crippen molar-refractivity contribution >= 4 is 39.0 Å². The third kappa shape index (κ3) is 6.36. The maximum atomic E-state index is 13.1. The predicted octanol–water partition coefficient (Wildman–Crippen LogP) is 4.51. The van der Waals surface area contributed by atoms with Crippen molar-refractivity contribution in [1.29, 1.82) is 0 Å². The lowest BCUT2D eigenvalue weighted by Gasteiger charge is -2.32. The van der Waals surface area contributed by atoms with E-state index in [1.807, 2.05) is 18.2 Å². The lowest BCUT2D eigenvalue weighted by molar-refractivity contribution is -0.121. The van der Waals surface area contributed by atoms with Gasteiger partial charge in [0.25, 0.3) is 10.0 Å². The summed E-state index contributed by atoms with van der Waals surface area (Å²) in [5.41, 5.74) is 1.50. The molecule has 8 nitrogen and oxygen atoms in total. The van der Waals surface area contributed by atoms with E-state index in [-0.39, 0.29) is 22.8 Å². The van der Waals surface area contributed by atoms with Gasteiger partial charge in [-0.15, -0.1) is 0 Å². The monoisotopic (exact) mass is 496 g/mol. The highest BCUT2D eigenvalue weighted by Gasteiger charge is 2.28. The van der Waals surface area contributed by atoms with Crippen LogP contribution in [-0.2, 0) is 14.8 Å². The SMILES string of the molecule is O=C(Nc1ccc(NS(=O)(=O)c2ccc(F)cc2)cc1)C1CCCN(C(=O)Nc2ccccc2)C1. The Morgan fingerprint density at radius 1 is 0.829 bits per heavy atom. The quantitative estimate of drug-likeness (QED) is 0.467. The van der Waals surface area contributed by atoms with E-state index < -0.39 is 15.8 Å². The number of piperidine rings is 1. The maximum absolute atomic E-state index is 13.1. The first-order valence-corrected chi connectivity index (χ1v) is 12.6. The molecule has 10 heteroatoms. The van der Waals surface area contributed by atoms with Crippen LogP contribution in [0.25, 0.3) is 0 Å². The van der Waals surface area contributed by atoms with Crippen molar-refractivity contribution < 1.29 is 22.4 Å². The normalized spacial score (nSPS) is 15.8. The van der Waals surface area contributed by atoms with Crippen LogP contribution < -0.4 is 15.4 Å². The molecule has 0 bridgehead atoms. The van der Waals surface area contributed by atoms with Crippen molar-refractivity contribution in [1.82, 2.24) is 4.90 Å². The van der Waals surface area contributed by atoms with Crippen molar-refractivity contribution in [2.24, 2.45) is 5.92 Å². The molecule has 3 amide bonds. The van der Waals surface area contributed by atoms with Gasteiger partial charge in [0, 0.05) is 30.2 Å². The van der Waals surface area contributed by atoms with Gasteiger partial charge < -0.3 is 15.5 Å². The molecule has 1 aliphatic rings. The first kappa shape index (κ1) is 24.2. The van der Waals surface area contributed by atoms with E-state index >= 15 is 0 Å². The van der Waals surface area contributed by atoms with E-state index in [1.54, 1.807) is 29.2 Å². The van der Waals surface area contributed by atoms with Crippen molar-refractivity contribution in [3.05, 3.63) is 84.7 Å². The third-order valence-corrected chi connectivity index (χ3v) is 7.03. The molecule has 0 radical (unpaired) electrons. The van der Waals surface area contributed by atoms with E-state index in [0.717, 1.165) is 12.1 Å². The van der Waals surface area contributed by atoms with Crippen LogP contribution in [0.5, 0.6) is 0 Å². The fraction of sp³-hybridized carbons (Fsp3) is 0.200. The van der Waals surface area contributed by atoms with Gasteiger partial charge in [0.05, 0.1) is 10.8 Å². The number of amides is 3. The molecule has 4 rings (SSSR count). The van der Waals surface area contributed by atoms with Crippen molar-refractivity contribution in [2.75, 3.05) is 28.4 Å². The first-order valence-electron chi connectivity index (χ1n) is 11.1. The molecule has 0 aliphatic carbocycles. The van der Waals surface area contributed by atoms with Crippen molar-refractivity contribution in [3.8, 4) is 0 Å². The van der Waals surface area contributed by atoms with Gasteiger partial charge in [-0.3, -0.25) is 9.52 Å². The van der Waals surface area contributed by atoms with E-state index in [4.69, 9.17) is 0 Å². The Morgan fingerprint density at radius 3 is 2.14 bits per heavy atom. The molecule has 1 unspecified atom stereocenters. The fourth-order valence-corrected chi connectivity index (χ4v) is 4.85. The number of hydrogen-bond acceptors (Lipinski definition) is 4. The van der Waals surface area contributed by atoms with Crippen LogP contribution in [0.4, 0.5) is 26.2 Å². The van der Waals surface area contributed by atoms with E-state index in [9.17, 15) is 22.4 Å². The second-order valence-electron chi connectivity index (χ2n) is 8.21. The number of anilines is 3. The van der Waals surface area contributed by atoms with Gasteiger partial charge in [-0.2, -0.15) is 0 Å². The maximum Gasteiger partial charge on any atom is 0.321 e. The van der Waals surface area contributed by atoms with Gasteiger partial charge in [0.15, 0.2) is 0 Å². The van der Waals surface area contributed by atoms with Gasteiger partial charge in [-0.1, -0.05) is 18.2 Å². The molecular formula is C25H25FN4O4S. The van der Waals surface area contributed by atoms with Crippen LogP contribution in [0, 0.1) is 11.7 Å². The molecule has 3 aromatic carbocycles. The number of rotatable bonds is 6. The summed E-state index contributed by atoms with van der Waals surface area (Å²) in [6.45, 7) is 0.880. The number of nitrogens with one attached hydrogen (secondary N) is 3. The Balaban J connectivity index is 1.33. The number of likely N-dealkylation sites (tertiary alicyclic amines) is 1. The number of sulfonamides is 1. The Labute approximate surface area is 203 Å². The highest BCUT2D eigenvalue weighted by molar-refractivity contribution is 7.92. The van der Waals surface area contributed by atoms with Crippen molar-refractivity contribution in [3.63, 3.8) is 0 Å². The largest absolute Gasteiger partial charge is 0.326 e. The molecule has 1 atom stereocenters. The lowest BCUT2D eigenvalue weighted by Crippen LogP contribution is -2.45. The molecule has 1 fully saturated rings. The Morgan fingerprint density at radius 2 is 1.46 bits per heavy atom. The summed E-state index contributed by atoms with van der Waals surface area (Å²) >= 11 is 0. The van der Waals surface area contributed by atoms with E-state index in [2.05, 4.69) is 15.4 Å². The second-order valence-corrected chi connectivity index (χ2v) is 9.89. The molecule has 35 heavy (non-hydrogen) atoms. The Kier molecular flexibility index (Phi) is 7.31. The highest BCUT2D eigenvalue weighted by Crippen LogP contribution is 2.22. The number of para-hydroxylation sites is 1. The average Bonchev–Trinajstić information content (AvgIpc) is 2.86. The molecule has 0 saturated carbocycles. The van der Waals surface area contributed by atoms with E-state index in [1.165, 1.54) is 24.3 Å². The Hall–Kier alpha value is -3.92. The molecule has 1 saturated heterocycles. The van der Waals surface area contributed by atoms with Crippen molar-refractivity contribution in [2.45, 2.75) is 17.7 Å². The summed E-state index contributed by atoms with van der Waals surface area (Å²) in [7, 11) is -3.87. The van der Waals surface area contributed by atoms with Gasteiger partial charge in [-0.25, -0.2) is 17.6 Å². The summed E-state index contributed by atoms with van der Waals surface area (Å²) in [5, 5.41) is 5.67. The molecule has 182 valence electrons. The van der Waals surface area contributed by atoms with Crippen LogP contribution in [0.3, 0.4) is 0 Å². The number of carbonyl (C=O) groups is 2. The minimum atomic E-state index is -3.87. The fourth-order valence-electron chi connectivity index (χ4n) is 3.79. The first-order chi connectivity index (χ1) is 16.8. The van der Waals surface area contributed by atoms with Gasteiger partial charge in [0.1, 0.15) is 5.82 Å². The zero-order valence-corrected chi connectivity index (χ0v) is 19.6. The third-order valence-electron chi connectivity index (χ3n) is 5.63. The molecule has 3 N–H and O–H groups in total. The minimum Gasteiger partial charge on any atom is -0.326 e. The van der Waals surface area contributed by atoms with Crippen LogP contribution in [0.15, 0.2) is 83.8 Å². The smallest absolute Gasteiger partial charge is 0.321 e. The number of urea groups is 1. The Bertz CT molecular complexity index is 1280. The van der Waals surface area contributed by atoms with Gasteiger partial charge in [-0.05, 0) is 73.5 Å². The van der Waals surface area contributed by atoms with Gasteiger partial charge in [0.2, 0.25) is 5.91 Å². The minimum absolute atomic E-state index is 0.0607. The molecule has 0 spiro atoms. The lowest BCUT2D eigenvalue weighted by atomic mass is 9.97. The average molecular weight is 497 g/mol. The molecule has 0 aromatic heterocycles. The topological polar surface area (TPSA) is 108 Å². The zero-order valence-electron chi connectivity index (χ0n) is 18.8. The second kappa shape index (κ2) is 10.6. The summed E-state index contributed by atoms with van der Waals surface area (Å²) < 4.78 is 40.4. The number of halogens is 1. The number of nitrogens with zero attached hydrogens (tertiary/aromatic N) is 1. The number of hydrogen-bond donors (Lipinski definition) is 3. The molecular weight excluding hydrogens is 471 g/mol. The summed E-state index contributed by atoms with van der Waals surface area (Å²) in [4.78, 5) is 27.0. The number of benzene rings is 3. The predicted molar refractivity (Wildman–Crippen MR) is 132 cm³/mol. The van der Waals surface area contributed by atoms with Crippen LogP contribution in [-0.4, -0.2) is 38.3 Å². The van der Waals surface area contributed by atoms with Crippen LogP contribution >= 0.6 is 0 Å². The standard InChI is InChI=1S/C25H25FN4O4S/c26-19-8-14-23(15-9-19)35(33,34)29-22-12-10-21(11-13-22)27-24(31)18-5-4-16-30(17-18)25(32)28-20-6-2-1-3-7-20/h1-3,6-15,18,29H,4-5,16-17H2,(H,27,31)(H,28,32). The molecule has 1 aliphatic heterocycles. The van der Waals surface area contributed by atoms with Crippen LogP contribution in [0.2, 0.25) is 0 Å². The van der Waals surface area contributed by atoms with Gasteiger partial charge >= 0.3 is 6.03 Å². The molecule has 1 heterocycles.